The highest BCUT2D eigenvalue weighted by Gasteiger charge is 2.37. The smallest absolute Gasteiger partial charge is 0.0447 e. The molecule has 0 bridgehead atoms. The maximum atomic E-state index is 3.78. The van der Waals surface area contributed by atoms with Gasteiger partial charge in [-0.1, -0.05) is 44.7 Å². The Morgan fingerprint density at radius 1 is 1.27 bits per heavy atom. The van der Waals surface area contributed by atoms with Crippen LogP contribution < -0.4 is 4.90 Å². The Labute approximate surface area is 91.7 Å². The summed E-state index contributed by atoms with van der Waals surface area (Å²) in [6.07, 6.45) is 3.96. The molecule has 0 spiro atoms. The first-order chi connectivity index (χ1) is 7.09. The molecule has 2 rings (SSSR count). The van der Waals surface area contributed by atoms with Crippen molar-refractivity contribution in [3.63, 3.8) is 0 Å². The zero-order valence-electron chi connectivity index (χ0n) is 9.62. The molecule has 0 amide bonds. The molecule has 1 aliphatic rings. The fraction of sp³-hybridized carbons (Fsp3) is 0.286. The summed E-state index contributed by atoms with van der Waals surface area (Å²) in [6.45, 7) is 8.29. The minimum Gasteiger partial charge on any atom is -0.347 e. The maximum Gasteiger partial charge on any atom is 0.0447 e. The number of hydrogen-bond donors (Lipinski definition) is 0. The molecular weight excluding hydrogens is 182 g/mol. The van der Waals surface area contributed by atoms with Crippen molar-refractivity contribution < 1.29 is 0 Å². The van der Waals surface area contributed by atoms with E-state index >= 15 is 0 Å². The second-order valence-corrected chi connectivity index (χ2v) is 4.49. The Kier molecular flexibility index (Phi) is 2.18. The van der Waals surface area contributed by atoms with Crippen molar-refractivity contribution in [1.82, 2.24) is 0 Å². The van der Waals surface area contributed by atoms with E-state index in [1.54, 1.807) is 0 Å². The molecular formula is C14H17N. The monoisotopic (exact) mass is 199 g/mol. The van der Waals surface area contributed by atoms with Gasteiger partial charge in [-0.2, -0.15) is 0 Å². The van der Waals surface area contributed by atoms with Gasteiger partial charge in [-0.15, -0.1) is 0 Å². The quantitative estimate of drug-likeness (QED) is 0.669. The Morgan fingerprint density at radius 3 is 2.53 bits per heavy atom. The molecule has 1 aromatic rings. The van der Waals surface area contributed by atoms with Crippen LogP contribution in [0.15, 0.2) is 48.7 Å². The fourth-order valence-corrected chi connectivity index (χ4v) is 2.41. The van der Waals surface area contributed by atoms with E-state index in [4.69, 9.17) is 0 Å². The zero-order valence-corrected chi connectivity index (χ0v) is 9.62. The number of allylic oxidation sites excluding steroid dienone is 3. The van der Waals surface area contributed by atoms with E-state index < -0.39 is 0 Å². The summed E-state index contributed by atoms with van der Waals surface area (Å²) >= 11 is 0. The fourth-order valence-electron chi connectivity index (χ4n) is 2.41. The van der Waals surface area contributed by atoms with E-state index in [-0.39, 0.29) is 5.41 Å². The molecule has 0 saturated heterocycles. The first kappa shape index (κ1) is 10.0. The topological polar surface area (TPSA) is 3.24 Å². The number of rotatable bonds is 1. The van der Waals surface area contributed by atoms with E-state index in [1.165, 1.54) is 16.9 Å². The number of likely N-dealkylation sites (N-methyl/N-ethyl adjacent to an activating group) is 1. The number of fused-ring (bicyclic) bond motifs is 1. The molecule has 0 aromatic heterocycles. The summed E-state index contributed by atoms with van der Waals surface area (Å²) in [4.78, 5) is 2.25. The molecule has 0 atom stereocenters. The number of para-hydroxylation sites is 1. The lowest BCUT2D eigenvalue weighted by Crippen LogP contribution is -2.22. The van der Waals surface area contributed by atoms with Crippen molar-refractivity contribution >= 4 is 5.69 Å². The predicted molar refractivity (Wildman–Crippen MR) is 66.2 cm³/mol. The molecule has 15 heavy (non-hydrogen) atoms. The van der Waals surface area contributed by atoms with E-state index in [1.807, 2.05) is 6.08 Å². The van der Waals surface area contributed by atoms with Crippen molar-refractivity contribution in [3.05, 3.63) is 54.3 Å². The van der Waals surface area contributed by atoms with Gasteiger partial charge in [0.05, 0.1) is 0 Å². The molecule has 0 radical (unpaired) electrons. The van der Waals surface area contributed by atoms with Crippen molar-refractivity contribution in [2.75, 3.05) is 11.9 Å². The van der Waals surface area contributed by atoms with Gasteiger partial charge in [0.25, 0.3) is 0 Å². The standard InChI is InChI=1S/C14H17N/c1-5-8-13-14(2,3)11-9-6-7-10-12(11)15(13)4/h5-10H,1H2,2-4H3. The normalized spacial score (nSPS) is 20.5. The van der Waals surface area contributed by atoms with Crippen LogP contribution in [0.4, 0.5) is 5.69 Å². The van der Waals surface area contributed by atoms with Crippen LogP contribution in [-0.4, -0.2) is 7.05 Å². The highest BCUT2D eigenvalue weighted by Crippen LogP contribution is 2.46. The summed E-state index contributed by atoms with van der Waals surface area (Å²) in [7, 11) is 2.11. The van der Waals surface area contributed by atoms with Crippen LogP contribution >= 0.6 is 0 Å². The molecule has 0 saturated carbocycles. The van der Waals surface area contributed by atoms with Gasteiger partial charge in [-0.25, -0.2) is 0 Å². The molecule has 0 fully saturated rings. The second kappa shape index (κ2) is 3.27. The van der Waals surface area contributed by atoms with Gasteiger partial charge in [-0.05, 0) is 17.7 Å². The number of nitrogens with zero attached hydrogens (tertiary/aromatic N) is 1. The minimum atomic E-state index is 0.0829. The zero-order chi connectivity index (χ0) is 11.1. The largest absolute Gasteiger partial charge is 0.347 e. The molecule has 1 heteroatoms. The third kappa shape index (κ3) is 1.30. The average molecular weight is 199 g/mol. The van der Waals surface area contributed by atoms with Crippen molar-refractivity contribution in [2.45, 2.75) is 19.3 Å². The van der Waals surface area contributed by atoms with Crippen LogP contribution in [0, 0.1) is 0 Å². The molecule has 1 aromatic carbocycles. The molecule has 1 aliphatic heterocycles. The van der Waals surface area contributed by atoms with Crippen LogP contribution in [0.5, 0.6) is 0 Å². The summed E-state index contributed by atoms with van der Waals surface area (Å²) in [5.41, 5.74) is 4.08. The van der Waals surface area contributed by atoms with Crippen LogP contribution in [0.25, 0.3) is 0 Å². The summed E-state index contributed by atoms with van der Waals surface area (Å²) < 4.78 is 0. The van der Waals surface area contributed by atoms with Gasteiger partial charge in [0.2, 0.25) is 0 Å². The first-order valence-electron chi connectivity index (χ1n) is 5.25. The molecule has 1 nitrogen and oxygen atoms in total. The highest BCUT2D eigenvalue weighted by atomic mass is 15.2. The Morgan fingerprint density at radius 2 is 1.93 bits per heavy atom. The van der Waals surface area contributed by atoms with Gasteiger partial charge in [0, 0.05) is 23.8 Å². The third-order valence-corrected chi connectivity index (χ3v) is 3.22. The third-order valence-electron chi connectivity index (χ3n) is 3.22. The second-order valence-electron chi connectivity index (χ2n) is 4.49. The summed E-state index contributed by atoms with van der Waals surface area (Å²) in [5, 5.41) is 0. The van der Waals surface area contributed by atoms with Gasteiger partial charge >= 0.3 is 0 Å². The van der Waals surface area contributed by atoms with Gasteiger partial charge in [-0.3, -0.25) is 0 Å². The lowest BCUT2D eigenvalue weighted by atomic mass is 9.84. The molecule has 1 heterocycles. The summed E-state index contributed by atoms with van der Waals surface area (Å²) in [6, 6.07) is 8.56. The molecule has 78 valence electrons. The Hall–Kier alpha value is -1.50. The van der Waals surface area contributed by atoms with Crippen LogP contribution in [0.3, 0.4) is 0 Å². The number of hydrogen-bond acceptors (Lipinski definition) is 1. The van der Waals surface area contributed by atoms with Crippen LogP contribution in [0.1, 0.15) is 19.4 Å². The lowest BCUT2D eigenvalue weighted by Gasteiger charge is -2.23. The Bertz CT molecular complexity index is 427. The van der Waals surface area contributed by atoms with Crippen molar-refractivity contribution in [2.24, 2.45) is 0 Å². The lowest BCUT2D eigenvalue weighted by molar-refractivity contribution is 0.640. The highest BCUT2D eigenvalue weighted by molar-refractivity contribution is 5.69. The SMILES string of the molecule is C=CC=C1N(C)c2ccccc2C1(C)C. The predicted octanol–water partition coefficient (Wildman–Crippen LogP) is 3.48. The number of anilines is 1. The van der Waals surface area contributed by atoms with Gasteiger partial charge in [0.15, 0.2) is 0 Å². The molecule has 0 aliphatic carbocycles. The number of benzene rings is 1. The average Bonchev–Trinajstić information content (AvgIpc) is 2.41. The molecule has 0 unspecified atom stereocenters. The van der Waals surface area contributed by atoms with Gasteiger partial charge < -0.3 is 4.90 Å². The summed E-state index contributed by atoms with van der Waals surface area (Å²) in [5.74, 6) is 0. The van der Waals surface area contributed by atoms with E-state index in [2.05, 4.69) is 62.7 Å². The van der Waals surface area contributed by atoms with Crippen LogP contribution in [0.2, 0.25) is 0 Å². The van der Waals surface area contributed by atoms with E-state index in [0.29, 0.717) is 0 Å². The minimum absolute atomic E-state index is 0.0829. The van der Waals surface area contributed by atoms with E-state index in [9.17, 15) is 0 Å². The first-order valence-corrected chi connectivity index (χ1v) is 5.25. The maximum absolute atomic E-state index is 3.78. The van der Waals surface area contributed by atoms with Crippen LogP contribution in [-0.2, 0) is 5.41 Å². The van der Waals surface area contributed by atoms with Crippen molar-refractivity contribution in [1.29, 1.82) is 0 Å². The van der Waals surface area contributed by atoms with Gasteiger partial charge in [0.1, 0.15) is 0 Å². The Balaban J connectivity index is 2.64. The van der Waals surface area contributed by atoms with Crippen molar-refractivity contribution in [3.8, 4) is 0 Å². The van der Waals surface area contributed by atoms with E-state index in [0.717, 1.165) is 0 Å². The molecule has 0 N–H and O–H groups in total.